The highest BCUT2D eigenvalue weighted by atomic mass is 16.1. The Morgan fingerprint density at radius 2 is 0.630 bits per heavy atom. The summed E-state index contributed by atoms with van der Waals surface area (Å²) in [6.07, 6.45) is 10.9. The summed E-state index contributed by atoms with van der Waals surface area (Å²) in [4.78, 5) is 59.2. The maximum Gasteiger partial charge on any atom is 0.167 e. The first-order valence-corrected chi connectivity index (χ1v) is 34.0. The van der Waals surface area contributed by atoms with Crippen LogP contribution in [0.1, 0.15) is 207 Å². The molecular weight excluding hydrogens is 1130 g/mol. The molecule has 0 aromatic heterocycles. The maximum absolute atomic E-state index is 12.1. The lowest BCUT2D eigenvalue weighted by molar-refractivity contribution is -0.123. The predicted molar refractivity (Wildman–Crippen MR) is 393 cm³/mol. The van der Waals surface area contributed by atoms with Crippen LogP contribution in [0.15, 0.2) is 176 Å². The van der Waals surface area contributed by atoms with E-state index in [1.807, 2.05) is 61.5 Å². The van der Waals surface area contributed by atoms with Gasteiger partial charge in [0.25, 0.3) is 0 Å². The number of ketones is 5. The number of carbonyl (C=O) groups is 5. The number of aryl methyl sites for hydroxylation is 2. The fraction of sp³-hybridized carbons (Fsp3) is 0.453. The number of unbranched alkanes of at least 4 members (excludes halogenated alkanes) is 1. The topological polar surface area (TPSA) is 111 Å². The van der Waals surface area contributed by atoms with Gasteiger partial charge in [0.15, 0.2) is 11.6 Å². The average Bonchev–Trinajstić information content (AvgIpc) is 2.03. The fourth-order valence-corrected chi connectivity index (χ4v) is 10.4. The summed E-state index contributed by atoms with van der Waals surface area (Å²) in [6, 6.07) is 59.7. The molecule has 0 aliphatic heterocycles. The molecule has 0 saturated heterocycles. The van der Waals surface area contributed by atoms with Crippen LogP contribution in [0.25, 0.3) is 0 Å². The first-order valence-electron chi connectivity index (χ1n) is 34.0. The minimum atomic E-state index is -0.415. The van der Waals surface area contributed by atoms with Crippen molar-refractivity contribution >= 4 is 28.9 Å². The molecule has 0 heterocycles. The summed E-state index contributed by atoms with van der Waals surface area (Å²) >= 11 is 0. The zero-order chi connectivity index (χ0) is 67.4. The van der Waals surface area contributed by atoms with Gasteiger partial charge < -0.3 is 10.5 Å². The van der Waals surface area contributed by atoms with Gasteiger partial charge in [-0.25, -0.2) is 0 Å². The molecule has 2 N–H and O–H groups in total. The van der Waals surface area contributed by atoms with Crippen molar-refractivity contribution in [3.05, 3.63) is 248 Å². The van der Waals surface area contributed by atoms with Crippen molar-refractivity contribution in [2.75, 3.05) is 0 Å². The fourth-order valence-electron chi connectivity index (χ4n) is 10.4. The van der Waals surface area contributed by atoms with Crippen molar-refractivity contribution in [3.63, 3.8) is 0 Å². The normalized spacial score (nSPS) is 11.5. The number of hydrogen-bond donors (Lipinski definition) is 1. The van der Waals surface area contributed by atoms with Gasteiger partial charge in [-0.2, -0.15) is 0 Å². The number of hydrogen-bond acceptors (Lipinski definition) is 6. The van der Waals surface area contributed by atoms with Gasteiger partial charge in [0.1, 0.15) is 17.3 Å². The monoisotopic (exact) mass is 1250 g/mol. The molecule has 0 radical (unpaired) electrons. The third-order valence-corrected chi connectivity index (χ3v) is 15.8. The maximum atomic E-state index is 12.1. The Morgan fingerprint density at radius 3 is 0.946 bits per heavy atom. The van der Waals surface area contributed by atoms with Crippen molar-refractivity contribution in [3.8, 4) is 0 Å². The number of benzene rings is 7. The van der Waals surface area contributed by atoms with E-state index in [1.165, 1.54) is 45.4 Å². The average molecular weight is 1250 g/mol. The van der Waals surface area contributed by atoms with Gasteiger partial charge in [-0.15, -0.1) is 0 Å². The van der Waals surface area contributed by atoms with E-state index in [9.17, 15) is 24.0 Å². The highest BCUT2D eigenvalue weighted by molar-refractivity contribution is 5.97. The van der Waals surface area contributed by atoms with E-state index in [-0.39, 0.29) is 36.5 Å². The number of nitrogens with two attached hydrogens (primary N) is 1. The van der Waals surface area contributed by atoms with Gasteiger partial charge in [0, 0.05) is 50.0 Å². The lowest BCUT2D eigenvalue weighted by Gasteiger charge is -2.14. The van der Waals surface area contributed by atoms with Gasteiger partial charge >= 0.3 is 0 Å². The zero-order valence-corrected chi connectivity index (χ0v) is 58.9. The van der Waals surface area contributed by atoms with Crippen molar-refractivity contribution in [2.24, 2.45) is 47.2 Å². The van der Waals surface area contributed by atoms with Crippen molar-refractivity contribution in [1.29, 1.82) is 0 Å². The van der Waals surface area contributed by atoms with E-state index in [0.29, 0.717) is 80.3 Å². The van der Waals surface area contributed by atoms with Crippen LogP contribution in [-0.2, 0) is 83.4 Å². The Kier molecular flexibility index (Phi) is 39.1. The van der Waals surface area contributed by atoms with Crippen LogP contribution in [0.3, 0.4) is 0 Å². The zero-order valence-electron chi connectivity index (χ0n) is 58.9. The second-order valence-electron chi connectivity index (χ2n) is 28.0. The van der Waals surface area contributed by atoms with Gasteiger partial charge in [0.05, 0.1) is 6.04 Å². The molecule has 0 amide bonds. The predicted octanol–water partition coefficient (Wildman–Crippen LogP) is 20.5. The minimum Gasteiger partial charge on any atom is -0.321 e. The highest BCUT2D eigenvalue weighted by Crippen LogP contribution is 2.19. The van der Waals surface area contributed by atoms with Crippen LogP contribution in [0.4, 0.5) is 0 Å². The quantitative estimate of drug-likeness (QED) is 0.0369. The van der Waals surface area contributed by atoms with E-state index in [1.54, 1.807) is 6.92 Å². The summed E-state index contributed by atoms with van der Waals surface area (Å²) in [5.41, 5.74) is 21.6. The highest BCUT2D eigenvalue weighted by Gasteiger charge is 2.18. The van der Waals surface area contributed by atoms with Crippen molar-refractivity contribution in [1.82, 2.24) is 0 Å². The second kappa shape index (κ2) is 44.4. The first-order chi connectivity index (χ1) is 43.1. The summed E-state index contributed by atoms with van der Waals surface area (Å²) < 4.78 is 0. The molecule has 7 aromatic rings. The lowest BCUT2D eigenvalue weighted by atomic mass is 9.90. The SMILES string of the molecule is C.CC(=O)CCCC[C@H](N)C(=O)Cc1ccc(CC(C)C)cc1.CC(C)Cc1ccc(CC(=O)[C@@H](C)C(C)C)cc1.CC(C)Cc1ccc(CC(=O)c2ccccc2)cc1.Cc1ccc(CC(=O)Cc2ccc(CC(C)C)cc2)cc1.Cc1ccc(CC(C)C)cc1. The molecule has 0 saturated carbocycles. The van der Waals surface area contributed by atoms with Gasteiger partial charge in [-0.05, 0) is 157 Å². The molecule has 0 spiro atoms. The van der Waals surface area contributed by atoms with Crippen LogP contribution in [-0.4, -0.2) is 35.0 Å². The third-order valence-electron chi connectivity index (χ3n) is 15.8. The van der Waals surface area contributed by atoms with Crippen LogP contribution in [0.5, 0.6) is 0 Å². The molecule has 7 rings (SSSR count). The molecule has 0 fully saturated rings. The van der Waals surface area contributed by atoms with Crippen molar-refractivity contribution in [2.45, 2.75) is 214 Å². The summed E-state index contributed by atoms with van der Waals surface area (Å²) in [7, 11) is 0. The standard InChI is InChI=1S/C20H24O.C19H29NO2.C18H20O.C17H26O.C11H16.CH4/c1-15(2)12-17-8-10-19(11-9-17)14-20(21)13-18-6-4-16(3)5-7-18;1-14(2)12-16-8-10-17(11-9-16)13-19(22)18(20)7-5-4-6-15(3)21;1-14(2)12-15-8-10-16(11-9-15)13-18(19)17-6-4-3-5-7-17;1-12(2)10-15-6-8-16(9-7-15)11-17(18)14(5)13(3)4;1-9(2)8-11-6-4-10(3)5-7-11;/h4-11,15H,12-14H2,1-3H3;8-11,14,18H,4-7,12-13,20H2,1-3H3;3-11,14H,12-13H2,1-2H3;6-9,12-14H,10-11H2,1-5H3;4-7,9H,8H2,1-3H3;1H4/t;18-;;14-;;/m.0.0../s1. The van der Waals surface area contributed by atoms with E-state index in [0.717, 1.165) is 77.8 Å². The summed E-state index contributed by atoms with van der Waals surface area (Å²) in [5, 5.41) is 0. The second-order valence-corrected chi connectivity index (χ2v) is 28.0. The summed E-state index contributed by atoms with van der Waals surface area (Å²) in [5.74, 6) is 5.07. The van der Waals surface area contributed by atoms with Crippen LogP contribution >= 0.6 is 0 Å². The Balaban J connectivity index is 0.000000396. The molecule has 0 unspecified atom stereocenters. The van der Waals surface area contributed by atoms with E-state index in [4.69, 9.17) is 5.73 Å². The molecule has 0 bridgehead atoms. The van der Waals surface area contributed by atoms with E-state index < -0.39 is 6.04 Å². The van der Waals surface area contributed by atoms with E-state index >= 15 is 0 Å². The summed E-state index contributed by atoms with van der Waals surface area (Å²) in [6.45, 7) is 34.2. The van der Waals surface area contributed by atoms with Gasteiger partial charge in [-0.3, -0.25) is 19.2 Å². The Hall–Kier alpha value is -7.15. The number of Topliss-reactive ketones (excluding diaryl/α,β-unsaturated/α-hetero) is 5. The Morgan fingerprint density at radius 1 is 0.348 bits per heavy atom. The Labute approximate surface area is 559 Å². The molecule has 0 aliphatic rings. The minimum absolute atomic E-state index is 0. The number of rotatable bonds is 29. The molecule has 2 atom stereocenters. The molecule has 7 aromatic carbocycles. The Bertz CT molecular complexity index is 3150. The van der Waals surface area contributed by atoms with Crippen molar-refractivity contribution < 1.29 is 24.0 Å². The van der Waals surface area contributed by atoms with Gasteiger partial charge in [-0.1, -0.05) is 291 Å². The molecule has 6 heteroatoms. The van der Waals surface area contributed by atoms with E-state index in [2.05, 4.69) is 218 Å². The first kappa shape index (κ1) is 80.9. The molecule has 0 aliphatic carbocycles. The van der Waals surface area contributed by atoms with Gasteiger partial charge in [0.2, 0.25) is 0 Å². The van der Waals surface area contributed by atoms with Crippen LogP contribution in [0.2, 0.25) is 0 Å². The largest absolute Gasteiger partial charge is 0.321 e. The van der Waals surface area contributed by atoms with Crippen LogP contribution < -0.4 is 5.73 Å². The number of carbonyl (C=O) groups excluding carboxylic acids is 5. The molecule has 498 valence electrons. The smallest absolute Gasteiger partial charge is 0.167 e. The molecular formula is C86H119NO5. The van der Waals surface area contributed by atoms with Crippen LogP contribution in [0, 0.1) is 55.3 Å². The third kappa shape index (κ3) is 36.2. The molecule has 6 nitrogen and oxygen atoms in total. The molecule has 92 heavy (non-hydrogen) atoms. The lowest BCUT2D eigenvalue weighted by Crippen LogP contribution is -2.31.